The van der Waals surface area contributed by atoms with Gasteiger partial charge in [-0.2, -0.15) is 5.10 Å². The largest absolute Gasteiger partial charge is 0.312 e. The Morgan fingerprint density at radius 3 is 2.36 bits per heavy atom. The maximum atomic E-state index is 13.7. The number of hydrogen-bond acceptors (Lipinski definition) is 6. The lowest BCUT2D eigenvalue weighted by molar-refractivity contribution is -0.132. The smallest absolute Gasteiger partial charge is 0.257 e. The Balaban J connectivity index is 1.57. The van der Waals surface area contributed by atoms with Crippen LogP contribution in [-0.2, 0) is 32.6 Å². The highest BCUT2D eigenvalue weighted by molar-refractivity contribution is 7.93. The lowest BCUT2D eigenvalue weighted by Crippen LogP contribution is -2.46. The Labute approximate surface area is 227 Å². The van der Waals surface area contributed by atoms with Gasteiger partial charge in [-0.25, -0.2) is 13.1 Å². The van der Waals surface area contributed by atoms with E-state index in [1.54, 1.807) is 66.6 Å². The standard InChI is InChI=1S/C29H29N5O4S/c1-2-34(26-13-7-4-8-14-26)29(36)27(18-25-20-31-33(22-25)21-24-10-5-3-6-11-24)28(35)32-39(37,38)17-15-23-12-9-16-30-19-23/h3-17,19-20,22,27H,2,18,21H2,1H3,(H,32,35)/b17-15+. The molecular formula is C29H29N5O4S. The van der Waals surface area contributed by atoms with Crippen LogP contribution in [-0.4, -0.2) is 41.5 Å². The first-order valence-corrected chi connectivity index (χ1v) is 14.0. The van der Waals surface area contributed by atoms with Crippen LogP contribution in [0.4, 0.5) is 5.69 Å². The number of carbonyl (C=O) groups is 2. The molecular weight excluding hydrogens is 514 g/mol. The summed E-state index contributed by atoms with van der Waals surface area (Å²) in [5, 5.41) is 5.25. The van der Waals surface area contributed by atoms with Crippen molar-refractivity contribution in [1.29, 1.82) is 0 Å². The van der Waals surface area contributed by atoms with Crippen molar-refractivity contribution in [3.8, 4) is 0 Å². The summed E-state index contributed by atoms with van der Waals surface area (Å²) in [6, 6.07) is 22.0. The van der Waals surface area contributed by atoms with Gasteiger partial charge in [0.15, 0.2) is 0 Å². The summed E-state index contributed by atoms with van der Waals surface area (Å²) in [6.45, 7) is 2.61. The molecule has 200 valence electrons. The van der Waals surface area contributed by atoms with Gasteiger partial charge >= 0.3 is 0 Å². The van der Waals surface area contributed by atoms with Crippen LogP contribution in [0.1, 0.15) is 23.6 Å². The number of nitrogens with zero attached hydrogens (tertiary/aromatic N) is 4. The first-order valence-electron chi connectivity index (χ1n) is 12.4. The van der Waals surface area contributed by atoms with Gasteiger partial charge in [-0.05, 0) is 54.3 Å². The van der Waals surface area contributed by atoms with Crippen LogP contribution in [0.5, 0.6) is 0 Å². The number of carbonyl (C=O) groups excluding carboxylic acids is 2. The maximum Gasteiger partial charge on any atom is 0.257 e. The third kappa shape index (κ3) is 7.71. The lowest BCUT2D eigenvalue weighted by atomic mass is 9.99. The van der Waals surface area contributed by atoms with E-state index in [0.717, 1.165) is 11.0 Å². The summed E-state index contributed by atoms with van der Waals surface area (Å²) in [6.07, 6.45) is 7.71. The zero-order valence-corrected chi connectivity index (χ0v) is 22.2. The number of hydrogen-bond donors (Lipinski definition) is 1. The number of benzene rings is 2. The van der Waals surface area contributed by atoms with Crippen LogP contribution in [0, 0.1) is 5.92 Å². The van der Waals surface area contributed by atoms with Crippen molar-refractivity contribution in [2.45, 2.75) is 19.9 Å². The Hall–Kier alpha value is -4.57. The number of pyridine rings is 1. The van der Waals surface area contributed by atoms with Crippen molar-refractivity contribution in [3.63, 3.8) is 0 Å². The average molecular weight is 544 g/mol. The van der Waals surface area contributed by atoms with E-state index < -0.39 is 27.8 Å². The number of rotatable bonds is 11. The second-order valence-corrected chi connectivity index (χ2v) is 10.4. The lowest BCUT2D eigenvalue weighted by Gasteiger charge is -2.25. The van der Waals surface area contributed by atoms with E-state index in [1.807, 2.05) is 36.4 Å². The molecule has 2 heterocycles. The number of anilines is 1. The third-order valence-electron chi connectivity index (χ3n) is 5.95. The molecule has 0 aliphatic carbocycles. The van der Waals surface area contributed by atoms with Gasteiger partial charge in [0.1, 0.15) is 5.92 Å². The molecule has 0 spiro atoms. The molecule has 10 heteroatoms. The number of amides is 2. The monoisotopic (exact) mass is 543 g/mol. The Morgan fingerprint density at radius 2 is 1.69 bits per heavy atom. The molecule has 0 saturated carbocycles. The van der Waals surface area contributed by atoms with Crippen molar-refractivity contribution in [1.82, 2.24) is 19.5 Å². The molecule has 0 aliphatic heterocycles. The molecule has 9 nitrogen and oxygen atoms in total. The first-order chi connectivity index (χ1) is 18.8. The van der Waals surface area contributed by atoms with Crippen LogP contribution in [0.15, 0.2) is 103 Å². The van der Waals surface area contributed by atoms with E-state index in [4.69, 9.17) is 0 Å². The van der Waals surface area contributed by atoms with Crippen LogP contribution in [0.25, 0.3) is 6.08 Å². The minimum Gasteiger partial charge on any atom is -0.312 e. The van der Waals surface area contributed by atoms with Crippen LogP contribution in [0.3, 0.4) is 0 Å². The van der Waals surface area contributed by atoms with Gasteiger partial charge in [0.25, 0.3) is 10.0 Å². The van der Waals surface area contributed by atoms with Gasteiger partial charge in [0.05, 0.1) is 18.1 Å². The predicted molar refractivity (Wildman–Crippen MR) is 150 cm³/mol. The van der Waals surface area contributed by atoms with Gasteiger partial charge in [0.2, 0.25) is 11.8 Å². The van der Waals surface area contributed by atoms with Gasteiger partial charge in [-0.1, -0.05) is 54.6 Å². The molecule has 2 aromatic carbocycles. The highest BCUT2D eigenvalue weighted by atomic mass is 32.2. The van der Waals surface area contributed by atoms with Gasteiger partial charge in [-0.15, -0.1) is 0 Å². The number of para-hydroxylation sites is 1. The van der Waals surface area contributed by atoms with Crippen LogP contribution in [0.2, 0.25) is 0 Å². The molecule has 0 fully saturated rings. The fourth-order valence-electron chi connectivity index (χ4n) is 4.05. The summed E-state index contributed by atoms with van der Waals surface area (Å²) in [5.74, 6) is -2.73. The molecule has 2 aromatic heterocycles. The zero-order chi connectivity index (χ0) is 27.7. The van der Waals surface area contributed by atoms with Crippen LogP contribution >= 0.6 is 0 Å². The second-order valence-electron chi connectivity index (χ2n) is 8.81. The molecule has 1 N–H and O–H groups in total. The third-order valence-corrected chi connectivity index (χ3v) is 6.93. The SMILES string of the molecule is CCN(C(=O)C(Cc1cnn(Cc2ccccc2)c1)C(=O)NS(=O)(=O)/C=C/c1cccnc1)c1ccccc1. The highest BCUT2D eigenvalue weighted by Crippen LogP contribution is 2.20. The Bertz CT molecular complexity index is 1520. The maximum absolute atomic E-state index is 13.7. The molecule has 1 atom stereocenters. The van der Waals surface area contributed by atoms with E-state index in [1.165, 1.54) is 17.2 Å². The predicted octanol–water partition coefficient (Wildman–Crippen LogP) is 3.66. The summed E-state index contributed by atoms with van der Waals surface area (Å²) in [7, 11) is -4.18. The molecule has 39 heavy (non-hydrogen) atoms. The number of sulfonamides is 1. The van der Waals surface area contributed by atoms with Crippen molar-refractivity contribution < 1.29 is 18.0 Å². The Morgan fingerprint density at radius 1 is 0.974 bits per heavy atom. The molecule has 0 radical (unpaired) electrons. The second kappa shape index (κ2) is 12.8. The molecule has 0 aliphatic rings. The zero-order valence-electron chi connectivity index (χ0n) is 21.4. The highest BCUT2D eigenvalue weighted by Gasteiger charge is 2.33. The van der Waals surface area contributed by atoms with E-state index in [-0.39, 0.29) is 6.42 Å². The van der Waals surface area contributed by atoms with Gasteiger partial charge in [-0.3, -0.25) is 19.3 Å². The minimum absolute atomic E-state index is 0.0232. The van der Waals surface area contributed by atoms with Crippen molar-refractivity contribution >= 4 is 33.6 Å². The molecule has 2 amide bonds. The van der Waals surface area contributed by atoms with Gasteiger partial charge < -0.3 is 4.90 Å². The normalized spacial score (nSPS) is 12.2. The summed E-state index contributed by atoms with van der Waals surface area (Å²) in [5.41, 5.74) is 2.84. The summed E-state index contributed by atoms with van der Waals surface area (Å²) >= 11 is 0. The van der Waals surface area contributed by atoms with Crippen molar-refractivity contribution in [2.24, 2.45) is 5.92 Å². The summed E-state index contributed by atoms with van der Waals surface area (Å²) < 4.78 is 29.2. The number of aromatic nitrogens is 3. The topological polar surface area (TPSA) is 114 Å². The molecule has 0 saturated heterocycles. The van der Waals surface area contributed by atoms with Gasteiger partial charge in [0, 0.05) is 30.8 Å². The van der Waals surface area contributed by atoms with Crippen molar-refractivity contribution in [2.75, 3.05) is 11.4 Å². The first kappa shape index (κ1) is 27.5. The van der Waals surface area contributed by atoms with Crippen LogP contribution < -0.4 is 9.62 Å². The summed E-state index contributed by atoms with van der Waals surface area (Å²) in [4.78, 5) is 32.5. The molecule has 4 rings (SSSR count). The fraction of sp³-hybridized carbons (Fsp3) is 0.172. The van der Waals surface area contributed by atoms with E-state index in [9.17, 15) is 18.0 Å². The minimum atomic E-state index is -4.18. The molecule has 4 aromatic rings. The Kier molecular flexibility index (Phi) is 9.01. The number of nitrogens with one attached hydrogen (secondary N) is 1. The fourth-order valence-corrected chi connectivity index (χ4v) is 4.87. The average Bonchev–Trinajstić information content (AvgIpc) is 3.39. The van der Waals surface area contributed by atoms with Crippen molar-refractivity contribution in [3.05, 3.63) is 120 Å². The molecule has 0 bridgehead atoms. The van der Waals surface area contributed by atoms with E-state index in [0.29, 0.717) is 29.9 Å². The quantitative estimate of drug-likeness (QED) is 0.289. The van der Waals surface area contributed by atoms with E-state index >= 15 is 0 Å². The van der Waals surface area contributed by atoms with E-state index in [2.05, 4.69) is 14.8 Å². The molecule has 1 unspecified atom stereocenters.